The van der Waals surface area contributed by atoms with Crippen LogP contribution in [0.2, 0.25) is 0 Å². The molecule has 0 saturated heterocycles. The van der Waals surface area contributed by atoms with Crippen LogP contribution in [0.15, 0.2) is 30.5 Å². The number of ether oxygens (including phenoxy) is 1. The molecular formula is C27H33F3N6O2. The van der Waals surface area contributed by atoms with Crippen LogP contribution in [0.4, 0.5) is 24.9 Å². The molecule has 0 radical (unpaired) electrons. The van der Waals surface area contributed by atoms with Crippen LogP contribution in [-0.2, 0) is 6.54 Å². The summed E-state index contributed by atoms with van der Waals surface area (Å²) >= 11 is 0. The van der Waals surface area contributed by atoms with E-state index in [0.29, 0.717) is 47.3 Å². The van der Waals surface area contributed by atoms with Gasteiger partial charge in [-0.2, -0.15) is 10.2 Å². The molecule has 204 valence electrons. The lowest BCUT2D eigenvalue weighted by Gasteiger charge is -2.60. The number of halogens is 3. The molecule has 4 unspecified atom stereocenters. The van der Waals surface area contributed by atoms with Gasteiger partial charge in [-0.25, -0.2) is 4.98 Å². The number of hydrogen-bond acceptors (Lipinski definition) is 8. The van der Waals surface area contributed by atoms with Crippen LogP contribution in [0.5, 0.6) is 5.75 Å². The van der Waals surface area contributed by atoms with Crippen LogP contribution in [0.25, 0.3) is 0 Å². The molecule has 4 N–H and O–H groups in total. The third-order valence-corrected chi connectivity index (χ3v) is 8.33. The van der Waals surface area contributed by atoms with Crippen molar-refractivity contribution >= 4 is 11.8 Å². The molecule has 0 aliphatic heterocycles. The van der Waals surface area contributed by atoms with Crippen molar-refractivity contribution in [3.63, 3.8) is 0 Å². The number of alkyl halides is 3. The SMILES string of the molecule is CC(CO)NC1[C@@H]2CC3C[C@H]1CC(CNc1nc(NCc4ccccc4OC(F)(F)F)ncc1C#N)(C3)C2. The zero-order valence-electron chi connectivity index (χ0n) is 21.3. The molecule has 4 fully saturated rings. The van der Waals surface area contributed by atoms with Crippen molar-refractivity contribution in [2.24, 2.45) is 23.2 Å². The molecule has 4 saturated carbocycles. The minimum absolute atomic E-state index is 0.0211. The summed E-state index contributed by atoms with van der Waals surface area (Å²) < 4.78 is 42.4. The number of rotatable bonds is 10. The lowest BCUT2D eigenvalue weighted by Crippen LogP contribution is -2.61. The number of hydrogen-bond donors (Lipinski definition) is 4. The van der Waals surface area contributed by atoms with E-state index in [9.17, 15) is 23.5 Å². The van der Waals surface area contributed by atoms with E-state index in [1.54, 1.807) is 6.07 Å². The predicted octanol–water partition coefficient (Wildman–Crippen LogP) is 4.44. The van der Waals surface area contributed by atoms with Crippen molar-refractivity contribution in [1.82, 2.24) is 15.3 Å². The van der Waals surface area contributed by atoms with Gasteiger partial charge < -0.3 is 25.8 Å². The van der Waals surface area contributed by atoms with E-state index in [-0.39, 0.29) is 36.3 Å². The molecule has 1 aromatic heterocycles. The first-order valence-corrected chi connectivity index (χ1v) is 13.1. The molecule has 11 heteroatoms. The lowest BCUT2D eigenvalue weighted by molar-refractivity contribution is -0.274. The number of aliphatic hydroxyl groups is 1. The fourth-order valence-electron chi connectivity index (χ4n) is 7.07. The van der Waals surface area contributed by atoms with Crippen LogP contribution in [-0.4, -0.2) is 46.7 Å². The highest BCUT2D eigenvalue weighted by atomic mass is 19.4. The van der Waals surface area contributed by atoms with Gasteiger partial charge in [0.1, 0.15) is 23.2 Å². The quantitative estimate of drug-likeness (QED) is 0.357. The minimum Gasteiger partial charge on any atom is -0.405 e. The van der Waals surface area contributed by atoms with Gasteiger partial charge in [-0.3, -0.25) is 0 Å². The predicted molar refractivity (Wildman–Crippen MR) is 135 cm³/mol. The second-order valence-corrected chi connectivity index (χ2v) is 11.2. The molecule has 6 rings (SSSR count). The van der Waals surface area contributed by atoms with Gasteiger partial charge in [0.15, 0.2) is 0 Å². The van der Waals surface area contributed by atoms with E-state index in [4.69, 9.17) is 0 Å². The van der Waals surface area contributed by atoms with Crippen molar-refractivity contribution in [3.8, 4) is 11.8 Å². The first-order valence-electron chi connectivity index (χ1n) is 13.1. The number of anilines is 2. The first kappa shape index (κ1) is 26.5. The molecule has 4 bridgehead atoms. The molecule has 1 heterocycles. The van der Waals surface area contributed by atoms with Gasteiger partial charge in [-0.05, 0) is 68.3 Å². The Morgan fingerprint density at radius 1 is 1.18 bits per heavy atom. The third kappa shape index (κ3) is 5.81. The summed E-state index contributed by atoms with van der Waals surface area (Å²) in [4.78, 5) is 8.66. The Morgan fingerprint density at radius 3 is 2.61 bits per heavy atom. The highest BCUT2D eigenvalue weighted by molar-refractivity contribution is 5.53. The zero-order chi connectivity index (χ0) is 26.9. The van der Waals surface area contributed by atoms with Gasteiger partial charge in [-0.15, -0.1) is 13.2 Å². The summed E-state index contributed by atoms with van der Waals surface area (Å²) in [5, 5.41) is 29.2. The molecule has 0 amide bonds. The minimum atomic E-state index is -4.79. The van der Waals surface area contributed by atoms with Gasteiger partial charge in [0, 0.05) is 30.7 Å². The van der Waals surface area contributed by atoms with Gasteiger partial charge >= 0.3 is 6.36 Å². The van der Waals surface area contributed by atoms with Crippen LogP contribution in [0.3, 0.4) is 0 Å². The van der Waals surface area contributed by atoms with Crippen molar-refractivity contribution in [1.29, 1.82) is 5.26 Å². The standard InChI is InChI=1S/C27H33F3N6O2/c1-16(14-37)35-23-19-6-17-7-20(23)10-26(8-17,9-19)15-34-24-21(11-31)13-33-25(36-24)32-12-18-4-2-3-5-22(18)38-27(28,29)30/h2-5,13,16-17,19-20,23,35,37H,6-10,12,14-15H2,1H3,(H2,32,33,34,36)/t16?,17?,19-,20+,23?,26?. The van der Waals surface area contributed by atoms with E-state index in [1.807, 2.05) is 6.92 Å². The summed E-state index contributed by atoms with van der Waals surface area (Å²) in [7, 11) is 0. The molecular weight excluding hydrogens is 497 g/mol. The largest absolute Gasteiger partial charge is 0.573 e. The average Bonchev–Trinajstić information content (AvgIpc) is 2.87. The molecule has 8 nitrogen and oxygen atoms in total. The highest BCUT2D eigenvalue weighted by Crippen LogP contribution is 2.60. The maximum atomic E-state index is 12.7. The number of nitrogens with zero attached hydrogens (tertiary/aromatic N) is 3. The van der Waals surface area contributed by atoms with E-state index in [2.05, 4.69) is 36.7 Å². The molecule has 1 aromatic carbocycles. The van der Waals surface area contributed by atoms with Gasteiger partial charge in [0.2, 0.25) is 5.95 Å². The summed E-state index contributed by atoms with van der Waals surface area (Å²) in [6.45, 7) is 2.88. The Kier molecular flexibility index (Phi) is 7.38. The van der Waals surface area contributed by atoms with E-state index in [0.717, 1.165) is 19.3 Å². The first-order chi connectivity index (χ1) is 18.2. The third-order valence-electron chi connectivity index (χ3n) is 8.33. The normalized spacial score (nSPS) is 28.5. The van der Waals surface area contributed by atoms with Crippen molar-refractivity contribution in [2.45, 2.75) is 64.0 Å². The molecule has 6 atom stereocenters. The van der Waals surface area contributed by atoms with Gasteiger partial charge in [0.25, 0.3) is 0 Å². The maximum absolute atomic E-state index is 12.7. The summed E-state index contributed by atoms with van der Waals surface area (Å²) in [5.74, 6) is 2.20. The summed E-state index contributed by atoms with van der Waals surface area (Å²) in [5.41, 5.74) is 0.757. The molecule has 0 spiro atoms. The zero-order valence-corrected chi connectivity index (χ0v) is 21.3. The van der Waals surface area contributed by atoms with Crippen LogP contribution < -0.4 is 20.7 Å². The number of nitriles is 1. The Labute approximate surface area is 220 Å². The van der Waals surface area contributed by atoms with Crippen LogP contribution in [0.1, 0.15) is 50.2 Å². The number of aromatic nitrogens is 2. The van der Waals surface area contributed by atoms with Crippen molar-refractivity contribution in [2.75, 3.05) is 23.8 Å². The van der Waals surface area contributed by atoms with E-state index >= 15 is 0 Å². The number of aliphatic hydroxyl groups excluding tert-OH is 1. The van der Waals surface area contributed by atoms with E-state index < -0.39 is 6.36 Å². The van der Waals surface area contributed by atoms with Crippen LogP contribution >= 0.6 is 0 Å². The monoisotopic (exact) mass is 530 g/mol. The second-order valence-electron chi connectivity index (χ2n) is 11.2. The second kappa shape index (κ2) is 10.6. The number of nitrogens with one attached hydrogen (secondary N) is 3. The molecule has 38 heavy (non-hydrogen) atoms. The summed E-state index contributed by atoms with van der Waals surface area (Å²) in [6, 6.07) is 8.55. The highest BCUT2D eigenvalue weighted by Gasteiger charge is 2.55. The fourth-order valence-corrected chi connectivity index (χ4v) is 7.07. The Hall–Kier alpha value is -3.10. The lowest BCUT2D eigenvalue weighted by atomic mass is 9.48. The van der Waals surface area contributed by atoms with Gasteiger partial charge in [-0.1, -0.05) is 18.2 Å². The van der Waals surface area contributed by atoms with Crippen molar-refractivity contribution < 1.29 is 23.0 Å². The summed E-state index contributed by atoms with van der Waals surface area (Å²) in [6.07, 6.45) is 2.42. The topological polar surface area (TPSA) is 115 Å². The Balaban J connectivity index is 1.25. The fraction of sp³-hybridized carbons (Fsp3) is 0.593. The Morgan fingerprint density at radius 2 is 1.92 bits per heavy atom. The smallest absolute Gasteiger partial charge is 0.405 e. The maximum Gasteiger partial charge on any atom is 0.573 e. The van der Waals surface area contributed by atoms with E-state index in [1.165, 1.54) is 37.2 Å². The molecule has 2 aromatic rings. The van der Waals surface area contributed by atoms with Gasteiger partial charge in [0.05, 0.1) is 12.8 Å². The Bertz CT molecular complexity index is 1170. The van der Waals surface area contributed by atoms with Crippen molar-refractivity contribution in [3.05, 3.63) is 41.6 Å². The number of benzene rings is 1. The number of para-hydroxylation sites is 1. The van der Waals surface area contributed by atoms with Crippen LogP contribution in [0, 0.1) is 34.5 Å². The molecule has 4 aliphatic carbocycles. The molecule has 4 aliphatic rings. The average molecular weight is 531 g/mol.